The number of hydrogen-bond acceptors (Lipinski definition) is 1. The Labute approximate surface area is 72.7 Å². The summed E-state index contributed by atoms with van der Waals surface area (Å²) in [5.74, 6) is -1.38. The molecule has 1 aromatic heterocycles. The van der Waals surface area contributed by atoms with Crippen molar-refractivity contribution in [3.8, 4) is 0 Å². The predicted molar refractivity (Wildman–Crippen MR) is 40.5 cm³/mol. The SMILES string of the molecule is Cn1cccc1C(=O)C(F)(F)Cl. The van der Waals surface area contributed by atoms with E-state index in [-0.39, 0.29) is 5.69 Å². The van der Waals surface area contributed by atoms with Crippen LogP contribution in [0.15, 0.2) is 18.3 Å². The van der Waals surface area contributed by atoms with Crippen molar-refractivity contribution in [2.45, 2.75) is 5.38 Å². The molecule has 0 N–H and O–H groups in total. The summed E-state index contributed by atoms with van der Waals surface area (Å²) in [4.78, 5) is 10.8. The summed E-state index contributed by atoms with van der Waals surface area (Å²) in [5.41, 5.74) is -0.102. The molecule has 0 bridgehead atoms. The van der Waals surface area contributed by atoms with Gasteiger partial charge in [-0.2, -0.15) is 8.78 Å². The van der Waals surface area contributed by atoms with Crippen LogP contribution in [0.1, 0.15) is 10.5 Å². The molecule has 1 heterocycles. The molecule has 12 heavy (non-hydrogen) atoms. The highest BCUT2D eigenvalue weighted by molar-refractivity contribution is 6.35. The summed E-state index contributed by atoms with van der Waals surface area (Å²) in [6.45, 7) is 0. The van der Waals surface area contributed by atoms with Gasteiger partial charge in [-0.15, -0.1) is 0 Å². The molecular formula is C7H6ClF2NO. The first-order valence-corrected chi connectivity index (χ1v) is 3.53. The first-order chi connectivity index (χ1) is 5.43. The lowest BCUT2D eigenvalue weighted by molar-refractivity contribution is 0.0527. The normalized spacial score (nSPS) is 11.7. The van der Waals surface area contributed by atoms with Crippen molar-refractivity contribution in [1.82, 2.24) is 4.57 Å². The molecule has 2 nitrogen and oxygen atoms in total. The number of alkyl halides is 3. The standard InChI is InChI=1S/C7H6ClF2NO/c1-11-4-2-3-5(11)6(12)7(8,9)10/h2-4H,1H3. The molecule has 0 fully saturated rings. The van der Waals surface area contributed by atoms with Gasteiger partial charge in [0, 0.05) is 13.2 Å². The fourth-order valence-corrected chi connectivity index (χ4v) is 0.939. The average Bonchev–Trinajstić information content (AvgIpc) is 2.31. The van der Waals surface area contributed by atoms with Crippen LogP contribution in [0.2, 0.25) is 0 Å². The molecular weight excluding hydrogens is 188 g/mol. The number of aromatic nitrogens is 1. The van der Waals surface area contributed by atoms with E-state index in [2.05, 4.69) is 11.6 Å². The Morgan fingerprint density at radius 2 is 2.25 bits per heavy atom. The highest BCUT2D eigenvalue weighted by Crippen LogP contribution is 2.24. The van der Waals surface area contributed by atoms with E-state index in [0.29, 0.717) is 0 Å². The maximum Gasteiger partial charge on any atom is 0.386 e. The van der Waals surface area contributed by atoms with E-state index >= 15 is 0 Å². The van der Waals surface area contributed by atoms with Crippen molar-refractivity contribution in [1.29, 1.82) is 0 Å². The van der Waals surface area contributed by atoms with Gasteiger partial charge in [-0.3, -0.25) is 4.79 Å². The highest BCUT2D eigenvalue weighted by Gasteiger charge is 2.37. The fourth-order valence-electron chi connectivity index (χ4n) is 0.842. The van der Waals surface area contributed by atoms with Crippen LogP contribution in [0.4, 0.5) is 8.78 Å². The molecule has 0 aromatic carbocycles. The quantitative estimate of drug-likeness (QED) is 0.521. The third-order valence-corrected chi connectivity index (χ3v) is 1.61. The monoisotopic (exact) mass is 193 g/mol. The van der Waals surface area contributed by atoms with Gasteiger partial charge >= 0.3 is 5.38 Å². The molecule has 0 atom stereocenters. The van der Waals surface area contributed by atoms with Crippen LogP contribution in [0, 0.1) is 0 Å². The first-order valence-electron chi connectivity index (χ1n) is 3.16. The number of carbonyl (C=O) groups is 1. The van der Waals surface area contributed by atoms with Gasteiger partial charge in [0.25, 0.3) is 5.78 Å². The molecule has 0 aliphatic rings. The lowest BCUT2D eigenvalue weighted by atomic mass is 10.3. The zero-order valence-electron chi connectivity index (χ0n) is 6.22. The van der Waals surface area contributed by atoms with Gasteiger partial charge in [-0.05, 0) is 23.7 Å². The Kier molecular flexibility index (Phi) is 2.19. The predicted octanol–water partition coefficient (Wildman–Crippen LogP) is 2.04. The third kappa shape index (κ3) is 1.64. The molecule has 0 spiro atoms. The Morgan fingerprint density at radius 3 is 2.58 bits per heavy atom. The molecule has 1 aromatic rings. The summed E-state index contributed by atoms with van der Waals surface area (Å²) in [6.07, 6.45) is 1.50. The molecule has 0 aliphatic heterocycles. The minimum Gasteiger partial charge on any atom is -0.348 e. The molecule has 0 saturated heterocycles. The smallest absolute Gasteiger partial charge is 0.348 e. The second kappa shape index (κ2) is 2.86. The van der Waals surface area contributed by atoms with Crippen LogP contribution in [0.3, 0.4) is 0 Å². The second-order valence-corrected chi connectivity index (χ2v) is 2.81. The van der Waals surface area contributed by atoms with Crippen LogP contribution in [-0.4, -0.2) is 15.7 Å². The van der Waals surface area contributed by atoms with E-state index in [4.69, 9.17) is 0 Å². The molecule has 0 saturated carbocycles. The number of halogens is 3. The maximum atomic E-state index is 12.3. The van der Waals surface area contributed by atoms with Crippen LogP contribution in [-0.2, 0) is 7.05 Å². The lowest BCUT2D eigenvalue weighted by Crippen LogP contribution is -2.23. The molecule has 0 radical (unpaired) electrons. The van der Waals surface area contributed by atoms with Crippen molar-refractivity contribution >= 4 is 17.4 Å². The van der Waals surface area contributed by atoms with E-state index in [0.717, 1.165) is 0 Å². The van der Waals surface area contributed by atoms with E-state index in [1.165, 1.54) is 29.9 Å². The zero-order chi connectivity index (χ0) is 9.35. The van der Waals surface area contributed by atoms with Crippen molar-refractivity contribution in [3.05, 3.63) is 24.0 Å². The van der Waals surface area contributed by atoms with Crippen LogP contribution in [0.5, 0.6) is 0 Å². The Hall–Kier alpha value is -0.900. The van der Waals surface area contributed by atoms with Crippen molar-refractivity contribution in [3.63, 3.8) is 0 Å². The zero-order valence-corrected chi connectivity index (χ0v) is 6.98. The summed E-state index contributed by atoms with van der Waals surface area (Å²) in [5, 5.41) is -3.81. The maximum absolute atomic E-state index is 12.3. The highest BCUT2D eigenvalue weighted by atomic mass is 35.5. The van der Waals surface area contributed by atoms with E-state index in [9.17, 15) is 13.6 Å². The third-order valence-electron chi connectivity index (χ3n) is 1.43. The topological polar surface area (TPSA) is 22.0 Å². The molecule has 1 rings (SSSR count). The first kappa shape index (κ1) is 9.19. The van der Waals surface area contributed by atoms with Crippen molar-refractivity contribution in [2.75, 3.05) is 0 Å². The lowest BCUT2D eigenvalue weighted by Gasteiger charge is -2.06. The van der Waals surface area contributed by atoms with Crippen LogP contribution >= 0.6 is 11.6 Å². The van der Waals surface area contributed by atoms with Crippen LogP contribution < -0.4 is 0 Å². The molecule has 66 valence electrons. The number of ketones is 1. The van der Waals surface area contributed by atoms with Crippen molar-refractivity contribution in [2.24, 2.45) is 7.05 Å². The van der Waals surface area contributed by atoms with Gasteiger partial charge in [0.15, 0.2) is 0 Å². The summed E-state index contributed by atoms with van der Waals surface area (Å²) in [7, 11) is 1.50. The summed E-state index contributed by atoms with van der Waals surface area (Å²) >= 11 is 4.55. The largest absolute Gasteiger partial charge is 0.386 e. The van der Waals surface area contributed by atoms with Crippen LogP contribution in [0.25, 0.3) is 0 Å². The number of rotatable bonds is 2. The van der Waals surface area contributed by atoms with E-state index in [1.54, 1.807) is 0 Å². The number of Topliss-reactive ketones (excluding diaryl/α,β-unsaturated/α-hetero) is 1. The average molecular weight is 194 g/mol. The number of hydrogen-bond donors (Lipinski definition) is 0. The Morgan fingerprint density at radius 1 is 1.67 bits per heavy atom. The van der Waals surface area contributed by atoms with Gasteiger partial charge in [-0.25, -0.2) is 0 Å². The summed E-state index contributed by atoms with van der Waals surface area (Å²) < 4.78 is 25.8. The van der Waals surface area contributed by atoms with Gasteiger partial charge in [-0.1, -0.05) is 0 Å². The minimum atomic E-state index is -3.81. The molecule has 0 unspecified atom stereocenters. The summed E-state index contributed by atoms with van der Waals surface area (Å²) in [6, 6.07) is 2.79. The van der Waals surface area contributed by atoms with Gasteiger partial charge in [0.1, 0.15) is 0 Å². The van der Waals surface area contributed by atoms with Gasteiger partial charge in [0.2, 0.25) is 0 Å². The van der Waals surface area contributed by atoms with E-state index in [1.807, 2.05) is 0 Å². The van der Waals surface area contributed by atoms with Crippen molar-refractivity contribution < 1.29 is 13.6 Å². The number of aryl methyl sites for hydroxylation is 1. The van der Waals surface area contributed by atoms with Gasteiger partial charge in [0.05, 0.1) is 5.69 Å². The number of carbonyl (C=O) groups excluding carboxylic acids is 1. The van der Waals surface area contributed by atoms with E-state index < -0.39 is 11.2 Å². The molecule has 0 amide bonds. The minimum absolute atomic E-state index is 0.102. The Bertz CT molecular complexity index is 303. The number of nitrogens with zero attached hydrogens (tertiary/aromatic N) is 1. The second-order valence-electron chi connectivity index (χ2n) is 2.33. The van der Waals surface area contributed by atoms with Gasteiger partial charge < -0.3 is 4.57 Å². The Balaban J connectivity index is 3.01. The molecule has 0 aliphatic carbocycles. The fraction of sp³-hybridized carbons (Fsp3) is 0.286. The molecule has 5 heteroatoms.